The molecule has 1 heterocycles. The Balaban J connectivity index is 2.02. The maximum atomic E-state index is 10.5. The Morgan fingerprint density at radius 3 is 2.47 bits per heavy atom. The van der Waals surface area contributed by atoms with Crippen molar-refractivity contribution < 1.29 is 10.2 Å². The summed E-state index contributed by atoms with van der Waals surface area (Å²) in [5, 5.41) is 22.8. The second-order valence-electron chi connectivity index (χ2n) is 4.93. The van der Waals surface area contributed by atoms with Crippen LogP contribution in [-0.2, 0) is 6.42 Å². The first-order chi connectivity index (χ1) is 8.12. The summed E-state index contributed by atoms with van der Waals surface area (Å²) < 4.78 is 1.04. The lowest BCUT2D eigenvalue weighted by Gasteiger charge is -2.32. The average molecular weight is 319 g/mol. The van der Waals surface area contributed by atoms with Gasteiger partial charge in [-0.25, -0.2) is 0 Å². The van der Waals surface area contributed by atoms with Crippen molar-refractivity contribution in [2.75, 3.05) is 0 Å². The Morgan fingerprint density at radius 1 is 1.29 bits per heavy atom. The molecular weight excluding hydrogens is 300 g/mol. The Labute approximate surface area is 115 Å². The molecule has 1 aliphatic rings. The van der Waals surface area contributed by atoms with Crippen molar-refractivity contribution in [3.05, 3.63) is 20.8 Å². The molecule has 0 amide bonds. The maximum absolute atomic E-state index is 10.5. The van der Waals surface area contributed by atoms with Crippen molar-refractivity contribution in [3.63, 3.8) is 0 Å². The molecule has 1 fully saturated rings. The van der Waals surface area contributed by atoms with Crippen molar-refractivity contribution in [1.29, 1.82) is 0 Å². The monoisotopic (exact) mass is 318 g/mol. The van der Waals surface area contributed by atoms with Crippen molar-refractivity contribution in [2.45, 2.75) is 56.7 Å². The minimum Gasteiger partial charge on any atom is -0.390 e. The number of hydrogen-bond donors (Lipinski definition) is 2. The van der Waals surface area contributed by atoms with Crippen molar-refractivity contribution in [1.82, 2.24) is 0 Å². The molecule has 1 saturated carbocycles. The quantitative estimate of drug-likeness (QED) is 0.837. The third-order valence-electron chi connectivity index (χ3n) is 3.66. The molecule has 0 saturated heterocycles. The van der Waals surface area contributed by atoms with Crippen LogP contribution in [0.1, 0.15) is 43.4 Å². The van der Waals surface area contributed by atoms with Gasteiger partial charge in [0.2, 0.25) is 0 Å². The van der Waals surface area contributed by atoms with Crippen molar-refractivity contribution in [2.24, 2.45) is 0 Å². The fourth-order valence-corrected chi connectivity index (χ4v) is 4.06. The van der Waals surface area contributed by atoms with Crippen LogP contribution < -0.4 is 0 Å². The molecule has 0 aliphatic heterocycles. The Hall–Kier alpha value is 0.1000. The van der Waals surface area contributed by atoms with Gasteiger partial charge in [-0.15, -0.1) is 11.3 Å². The summed E-state index contributed by atoms with van der Waals surface area (Å²) in [6.45, 7) is 0. The molecular formula is C13H19BrO2S. The van der Waals surface area contributed by atoms with Gasteiger partial charge in [0, 0.05) is 15.8 Å². The van der Waals surface area contributed by atoms with Gasteiger partial charge in [0.1, 0.15) is 0 Å². The third-order valence-corrected chi connectivity index (χ3v) is 5.61. The summed E-state index contributed by atoms with van der Waals surface area (Å²) in [4.78, 5) is 1.12. The second kappa shape index (κ2) is 5.83. The number of aliphatic hydroxyl groups is 2. The first-order valence-electron chi connectivity index (χ1n) is 6.24. The fraction of sp³-hybridized carbons (Fsp3) is 0.692. The lowest BCUT2D eigenvalue weighted by molar-refractivity contribution is -0.0834. The molecule has 0 aromatic carbocycles. The number of thiophene rings is 1. The maximum Gasteiger partial charge on any atom is 0.0909 e. The third kappa shape index (κ3) is 3.31. The van der Waals surface area contributed by atoms with E-state index in [0.717, 1.165) is 35.0 Å². The summed E-state index contributed by atoms with van der Waals surface area (Å²) in [6, 6.07) is 1.99. The van der Waals surface area contributed by atoms with E-state index in [2.05, 4.69) is 15.9 Å². The Bertz CT molecular complexity index is 356. The van der Waals surface area contributed by atoms with E-state index in [1.165, 1.54) is 12.8 Å². The molecule has 2 N–H and O–H groups in total. The molecule has 2 rings (SSSR count). The zero-order valence-corrected chi connectivity index (χ0v) is 12.3. The van der Waals surface area contributed by atoms with Gasteiger partial charge in [-0.1, -0.05) is 25.7 Å². The summed E-state index contributed by atoms with van der Waals surface area (Å²) in [5.74, 6) is 0. The number of halogens is 1. The minimum absolute atomic E-state index is 0.550. The molecule has 4 heteroatoms. The summed E-state index contributed by atoms with van der Waals surface area (Å²) in [5.41, 5.74) is -0.875. The van der Waals surface area contributed by atoms with Gasteiger partial charge in [0.15, 0.2) is 0 Å². The van der Waals surface area contributed by atoms with Crippen molar-refractivity contribution in [3.8, 4) is 0 Å². The van der Waals surface area contributed by atoms with E-state index in [1.54, 1.807) is 11.3 Å². The van der Waals surface area contributed by atoms with Gasteiger partial charge in [-0.05, 0) is 40.2 Å². The highest BCUT2D eigenvalue weighted by molar-refractivity contribution is 9.10. The largest absolute Gasteiger partial charge is 0.390 e. The van der Waals surface area contributed by atoms with E-state index in [-0.39, 0.29) is 0 Å². The molecule has 0 bridgehead atoms. The van der Waals surface area contributed by atoms with Crippen LogP contribution >= 0.6 is 27.3 Å². The SMILES string of the molecule is OC(Cc1sccc1Br)C1(O)CCCCCC1. The zero-order valence-electron chi connectivity index (χ0n) is 9.86. The molecule has 96 valence electrons. The smallest absolute Gasteiger partial charge is 0.0909 e. The van der Waals surface area contributed by atoms with Crippen LogP contribution in [0.4, 0.5) is 0 Å². The molecule has 0 radical (unpaired) electrons. The van der Waals surface area contributed by atoms with E-state index in [1.807, 2.05) is 11.4 Å². The standard InChI is InChI=1S/C13H19BrO2S/c14-10-5-8-17-11(10)9-12(15)13(16)6-3-1-2-4-7-13/h5,8,12,15-16H,1-4,6-7,9H2. The fourth-order valence-electron chi connectivity index (χ4n) is 2.51. The predicted molar refractivity (Wildman–Crippen MR) is 74.4 cm³/mol. The van der Waals surface area contributed by atoms with Gasteiger partial charge >= 0.3 is 0 Å². The van der Waals surface area contributed by atoms with E-state index in [0.29, 0.717) is 6.42 Å². The van der Waals surface area contributed by atoms with Gasteiger partial charge in [-0.2, -0.15) is 0 Å². The molecule has 2 nitrogen and oxygen atoms in total. The number of aliphatic hydroxyl groups excluding tert-OH is 1. The highest BCUT2D eigenvalue weighted by Gasteiger charge is 2.36. The summed E-state index contributed by atoms with van der Waals surface area (Å²) in [7, 11) is 0. The predicted octanol–water partition coefficient (Wildman–Crippen LogP) is 3.50. The topological polar surface area (TPSA) is 40.5 Å². The summed E-state index contributed by atoms with van der Waals surface area (Å²) >= 11 is 5.10. The first-order valence-corrected chi connectivity index (χ1v) is 7.91. The molecule has 1 aromatic heterocycles. The minimum atomic E-state index is -0.875. The van der Waals surface area contributed by atoms with Gasteiger partial charge in [-0.3, -0.25) is 0 Å². The van der Waals surface area contributed by atoms with Gasteiger partial charge < -0.3 is 10.2 Å². The Morgan fingerprint density at radius 2 is 1.94 bits per heavy atom. The van der Waals surface area contributed by atoms with Gasteiger partial charge in [0.05, 0.1) is 11.7 Å². The number of hydrogen-bond acceptors (Lipinski definition) is 3. The van der Waals surface area contributed by atoms with Crippen molar-refractivity contribution >= 4 is 27.3 Å². The van der Waals surface area contributed by atoms with Crippen LogP contribution in [-0.4, -0.2) is 21.9 Å². The molecule has 17 heavy (non-hydrogen) atoms. The van der Waals surface area contributed by atoms with E-state index >= 15 is 0 Å². The zero-order chi connectivity index (χ0) is 12.3. The van der Waals surface area contributed by atoms with Crippen LogP contribution in [0, 0.1) is 0 Å². The lowest BCUT2D eigenvalue weighted by atomic mass is 9.86. The Kier molecular flexibility index (Phi) is 4.64. The van der Waals surface area contributed by atoms with E-state index < -0.39 is 11.7 Å². The van der Waals surface area contributed by atoms with Crippen LogP contribution in [0.5, 0.6) is 0 Å². The molecule has 1 aromatic rings. The molecule has 0 spiro atoms. The van der Waals surface area contributed by atoms with Gasteiger partial charge in [0.25, 0.3) is 0 Å². The highest BCUT2D eigenvalue weighted by Crippen LogP contribution is 2.33. The lowest BCUT2D eigenvalue weighted by Crippen LogP contribution is -2.43. The van der Waals surface area contributed by atoms with Crippen LogP contribution in [0.3, 0.4) is 0 Å². The number of rotatable bonds is 3. The summed E-state index contributed by atoms with van der Waals surface area (Å²) in [6.07, 6.45) is 5.78. The molecule has 1 atom stereocenters. The van der Waals surface area contributed by atoms with E-state index in [4.69, 9.17) is 0 Å². The highest BCUT2D eigenvalue weighted by atomic mass is 79.9. The first kappa shape index (κ1) is 13.5. The normalized spacial score (nSPS) is 22.1. The van der Waals surface area contributed by atoms with E-state index in [9.17, 15) is 10.2 Å². The average Bonchev–Trinajstić information content (AvgIpc) is 2.57. The second-order valence-corrected chi connectivity index (χ2v) is 6.78. The van der Waals surface area contributed by atoms with Crippen LogP contribution in [0.25, 0.3) is 0 Å². The van der Waals surface area contributed by atoms with Crippen LogP contribution in [0.2, 0.25) is 0 Å². The molecule has 1 aliphatic carbocycles. The van der Waals surface area contributed by atoms with Crippen LogP contribution in [0.15, 0.2) is 15.9 Å². The molecule has 1 unspecified atom stereocenters.